The Morgan fingerprint density at radius 1 is 1.23 bits per heavy atom. The van der Waals surface area contributed by atoms with Crippen molar-refractivity contribution in [2.45, 2.75) is 45.1 Å². The van der Waals surface area contributed by atoms with E-state index in [1.165, 1.54) is 4.31 Å². The van der Waals surface area contributed by atoms with Crippen molar-refractivity contribution in [3.63, 3.8) is 0 Å². The summed E-state index contributed by atoms with van der Waals surface area (Å²) in [6.45, 7) is 2.76. The second-order valence-electron chi connectivity index (χ2n) is 6.44. The molecule has 0 spiro atoms. The Morgan fingerprint density at radius 2 is 1.92 bits per heavy atom. The van der Waals surface area contributed by atoms with Gasteiger partial charge in [-0.15, -0.1) is 0 Å². The van der Waals surface area contributed by atoms with Gasteiger partial charge in [-0.25, -0.2) is 13.2 Å². The molecule has 1 aromatic carbocycles. The molecule has 8 heteroatoms. The molecule has 1 atom stereocenters. The van der Waals surface area contributed by atoms with Crippen molar-refractivity contribution in [2.75, 3.05) is 24.7 Å². The van der Waals surface area contributed by atoms with E-state index in [2.05, 4.69) is 5.32 Å². The lowest BCUT2D eigenvalue weighted by molar-refractivity contribution is -0.120. The number of amides is 1. The molecule has 1 heterocycles. The molecule has 0 aromatic heterocycles. The normalized spacial score (nSPS) is 18.3. The third-order valence-electron chi connectivity index (χ3n) is 4.30. The number of carbonyl (C=O) groups is 2. The molecule has 1 saturated heterocycles. The third kappa shape index (κ3) is 5.54. The molecule has 7 nitrogen and oxygen atoms in total. The summed E-state index contributed by atoms with van der Waals surface area (Å²) in [4.78, 5) is 24.4. The Kier molecular flexibility index (Phi) is 7.16. The van der Waals surface area contributed by atoms with Crippen LogP contribution in [0.3, 0.4) is 0 Å². The second-order valence-corrected chi connectivity index (χ2v) is 8.38. The van der Waals surface area contributed by atoms with Crippen molar-refractivity contribution in [3.05, 3.63) is 29.8 Å². The van der Waals surface area contributed by atoms with Crippen molar-refractivity contribution < 1.29 is 22.7 Å². The number of esters is 1. The van der Waals surface area contributed by atoms with Gasteiger partial charge in [-0.1, -0.05) is 19.8 Å². The fraction of sp³-hybridized carbons (Fsp3) is 0.556. The number of nitrogens with one attached hydrogen (secondary N) is 1. The highest BCUT2D eigenvalue weighted by Crippen LogP contribution is 2.21. The summed E-state index contributed by atoms with van der Waals surface area (Å²) in [5, 5.41) is 2.73. The fourth-order valence-electron chi connectivity index (χ4n) is 2.87. The van der Waals surface area contributed by atoms with Crippen LogP contribution in [0.4, 0.5) is 5.69 Å². The van der Waals surface area contributed by atoms with Gasteiger partial charge < -0.3 is 10.1 Å². The van der Waals surface area contributed by atoms with Gasteiger partial charge in [0.05, 0.1) is 18.4 Å². The fourth-order valence-corrected chi connectivity index (χ4v) is 4.00. The van der Waals surface area contributed by atoms with Gasteiger partial charge in [-0.05, 0) is 43.5 Å². The van der Waals surface area contributed by atoms with Crippen molar-refractivity contribution in [1.82, 2.24) is 4.31 Å². The van der Waals surface area contributed by atoms with E-state index in [-0.39, 0.29) is 5.91 Å². The first-order chi connectivity index (χ1) is 12.3. The Bertz CT molecular complexity index is 730. The number of anilines is 1. The molecule has 1 aliphatic rings. The highest BCUT2D eigenvalue weighted by atomic mass is 32.2. The number of ether oxygens (including phenoxy) is 1. The monoisotopic (exact) mass is 382 g/mol. The molecule has 0 bridgehead atoms. The van der Waals surface area contributed by atoms with Gasteiger partial charge >= 0.3 is 5.97 Å². The van der Waals surface area contributed by atoms with Crippen LogP contribution >= 0.6 is 0 Å². The van der Waals surface area contributed by atoms with Gasteiger partial charge in [-0.3, -0.25) is 4.79 Å². The van der Waals surface area contributed by atoms with Crippen molar-refractivity contribution in [2.24, 2.45) is 0 Å². The maximum atomic E-state index is 12.5. The Balaban J connectivity index is 1.99. The molecule has 26 heavy (non-hydrogen) atoms. The predicted octanol–water partition coefficient (Wildman–Crippen LogP) is 2.40. The van der Waals surface area contributed by atoms with Crippen LogP contribution in [0, 0.1) is 0 Å². The number of hydrogen-bond acceptors (Lipinski definition) is 5. The first kappa shape index (κ1) is 20.4. The average molecular weight is 382 g/mol. The molecule has 1 amide bonds. The Hall–Kier alpha value is -1.93. The summed E-state index contributed by atoms with van der Waals surface area (Å²) >= 11 is 0. The molecular formula is C18H26N2O5S. The van der Waals surface area contributed by atoms with Gasteiger partial charge in [0, 0.05) is 12.2 Å². The summed E-state index contributed by atoms with van der Waals surface area (Å²) in [6, 6.07) is 5.69. The van der Waals surface area contributed by atoms with Gasteiger partial charge in [0.2, 0.25) is 15.9 Å². The van der Waals surface area contributed by atoms with Crippen LogP contribution < -0.4 is 5.32 Å². The molecule has 1 unspecified atom stereocenters. The van der Waals surface area contributed by atoms with E-state index >= 15 is 0 Å². The van der Waals surface area contributed by atoms with Gasteiger partial charge in [0.25, 0.3) is 0 Å². The van der Waals surface area contributed by atoms with Crippen LogP contribution in [0.1, 0.15) is 49.4 Å². The lowest BCUT2D eigenvalue weighted by Gasteiger charge is -2.32. The molecule has 1 aromatic rings. The zero-order valence-electron chi connectivity index (χ0n) is 15.2. The number of benzene rings is 1. The van der Waals surface area contributed by atoms with Crippen LogP contribution in [0.5, 0.6) is 0 Å². The van der Waals surface area contributed by atoms with Crippen LogP contribution in [-0.4, -0.2) is 50.0 Å². The van der Waals surface area contributed by atoms with Gasteiger partial charge in [0.15, 0.2) is 0 Å². The Morgan fingerprint density at radius 3 is 2.54 bits per heavy atom. The number of rotatable bonds is 7. The smallest absolute Gasteiger partial charge is 0.338 e. The minimum Gasteiger partial charge on any atom is -0.462 e. The van der Waals surface area contributed by atoms with Crippen LogP contribution in [0.15, 0.2) is 24.3 Å². The molecule has 1 fully saturated rings. The lowest BCUT2D eigenvalue weighted by Crippen LogP contribution is -2.49. The average Bonchev–Trinajstić information content (AvgIpc) is 2.61. The molecule has 144 valence electrons. The maximum Gasteiger partial charge on any atom is 0.338 e. The van der Waals surface area contributed by atoms with E-state index in [4.69, 9.17) is 4.74 Å². The Labute approximate surface area is 154 Å². The maximum absolute atomic E-state index is 12.5. The van der Waals surface area contributed by atoms with E-state index in [0.29, 0.717) is 30.8 Å². The molecule has 0 aliphatic carbocycles. The van der Waals surface area contributed by atoms with E-state index in [1.54, 1.807) is 24.3 Å². The number of hydrogen-bond donors (Lipinski definition) is 1. The van der Waals surface area contributed by atoms with Crippen molar-refractivity contribution >= 4 is 27.6 Å². The number of nitrogens with zero attached hydrogens (tertiary/aromatic N) is 1. The zero-order chi connectivity index (χ0) is 19.2. The number of sulfonamides is 1. The molecule has 2 rings (SSSR count). The number of piperidine rings is 1. The standard InChI is InChI=1S/C18H26N2O5S/c1-3-4-13-25-18(22)14-8-10-15(11-9-14)19-17(21)16-7-5-6-12-20(16)26(2,23)24/h8-11,16H,3-7,12-13H2,1-2H3,(H,19,21). The summed E-state index contributed by atoms with van der Waals surface area (Å²) in [5.74, 6) is -0.750. The van der Waals surface area contributed by atoms with Gasteiger partial charge in [-0.2, -0.15) is 4.31 Å². The highest BCUT2D eigenvalue weighted by Gasteiger charge is 2.34. The van der Waals surface area contributed by atoms with E-state index in [0.717, 1.165) is 31.9 Å². The summed E-state index contributed by atoms with van der Waals surface area (Å²) < 4.78 is 30.1. The van der Waals surface area contributed by atoms with Gasteiger partial charge in [0.1, 0.15) is 6.04 Å². The van der Waals surface area contributed by atoms with Crippen molar-refractivity contribution in [3.8, 4) is 0 Å². The lowest BCUT2D eigenvalue weighted by atomic mass is 10.0. The van der Waals surface area contributed by atoms with Crippen molar-refractivity contribution in [1.29, 1.82) is 0 Å². The quantitative estimate of drug-likeness (QED) is 0.577. The minimum atomic E-state index is -3.43. The van der Waals surface area contributed by atoms with E-state index in [9.17, 15) is 18.0 Å². The topological polar surface area (TPSA) is 92.8 Å². The summed E-state index contributed by atoms with van der Waals surface area (Å²) in [7, 11) is -3.43. The molecule has 1 aliphatic heterocycles. The second kappa shape index (κ2) is 9.14. The van der Waals surface area contributed by atoms with Crippen LogP contribution in [0.25, 0.3) is 0 Å². The summed E-state index contributed by atoms with van der Waals surface area (Å²) in [5.41, 5.74) is 0.925. The first-order valence-corrected chi connectivity index (χ1v) is 10.7. The van der Waals surface area contributed by atoms with Crippen LogP contribution in [-0.2, 0) is 19.6 Å². The SMILES string of the molecule is CCCCOC(=O)c1ccc(NC(=O)C2CCCCN2S(C)(=O)=O)cc1. The predicted molar refractivity (Wildman–Crippen MR) is 99.5 cm³/mol. The molecule has 0 radical (unpaired) electrons. The minimum absolute atomic E-state index is 0.353. The summed E-state index contributed by atoms with van der Waals surface area (Å²) in [6.07, 6.45) is 4.96. The molecule has 1 N–H and O–H groups in total. The largest absolute Gasteiger partial charge is 0.462 e. The van der Waals surface area contributed by atoms with E-state index < -0.39 is 22.0 Å². The molecule has 0 saturated carbocycles. The number of unbranched alkanes of at least 4 members (excludes halogenated alkanes) is 1. The first-order valence-electron chi connectivity index (χ1n) is 8.88. The third-order valence-corrected chi connectivity index (χ3v) is 5.59. The highest BCUT2D eigenvalue weighted by molar-refractivity contribution is 7.88. The molecular weight excluding hydrogens is 356 g/mol. The zero-order valence-corrected chi connectivity index (χ0v) is 16.0. The van der Waals surface area contributed by atoms with Crippen LogP contribution in [0.2, 0.25) is 0 Å². The van der Waals surface area contributed by atoms with E-state index in [1.807, 2.05) is 6.92 Å². The number of carbonyl (C=O) groups excluding carboxylic acids is 2.